The van der Waals surface area contributed by atoms with Crippen LogP contribution in [-0.2, 0) is 6.54 Å². The summed E-state index contributed by atoms with van der Waals surface area (Å²) in [6.07, 6.45) is 0. The predicted octanol–water partition coefficient (Wildman–Crippen LogP) is 3.99. The van der Waals surface area contributed by atoms with Crippen LogP contribution in [0.25, 0.3) is 0 Å². The molecule has 2 nitrogen and oxygen atoms in total. The highest BCUT2D eigenvalue weighted by molar-refractivity contribution is 7.12. The summed E-state index contributed by atoms with van der Waals surface area (Å²) in [5, 5.41) is 12.1. The number of aryl methyl sites for hydroxylation is 2. The second kappa shape index (κ2) is 5.19. The molecule has 0 amide bonds. The Balaban J connectivity index is 2.16. The Hall–Kier alpha value is -1.86. The van der Waals surface area contributed by atoms with Gasteiger partial charge in [-0.05, 0) is 43.7 Å². The topological polar surface area (TPSA) is 35.8 Å². The first-order chi connectivity index (χ1) is 8.60. The number of benzene rings is 1. The van der Waals surface area contributed by atoms with Crippen molar-refractivity contribution in [1.29, 1.82) is 5.26 Å². The van der Waals surface area contributed by atoms with Gasteiger partial charge < -0.3 is 5.32 Å². The van der Waals surface area contributed by atoms with Gasteiger partial charge in [0.15, 0.2) is 0 Å². The van der Waals surface area contributed by atoms with Crippen LogP contribution in [0, 0.1) is 31.0 Å². The first-order valence-corrected chi connectivity index (χ1v) is 6.41. The van der Waals surface area contributed by atoms with Crippen LogP contribution in [0.2, 0.25) is 0 Å². The van der Waals surface area contributed by atoms with Crippen molar-refractivity contribution in [2.45, 2.75) is 20.4 Å². The van der Waals surface area contributed by atoms with Crippen LogP contribution in [0.4, 0.5) is 10.1 Å². The van der Waals surface area contributed by atoms with E-state index in [1.165, 1.54) is 27.5 Å². The maximum atomic E-state index is 13.0. The van der Waals surface area contributed by atoms with E-state index in [0.29, 0.717) is 17.8 Å². The number of anilines is 1. The van der Waals surface area contributed by atoms with Gasteiger partial charge in [-0.1, -0.05) is 0 Å². The molecule has 0 unspecified atom stereocenters. The summed E-state index contributed by atoms with van der Waals surface area (Å²) in [6.45, 7) is 4.79. The number of thiophene rings is 1. The Bertz CT molecular complexity index is 611. The smallest absolute Gasteiger partial charge is 0.124 e. The SMILES string of the molecule is Cc1cc(CNc2ccc(F)cc2C#N)c(C)s1. The Morgan fingerprint density at radius 2 is 2.11 bits per heavy atom. The van der Waals surface area contributed by atoms with Crippen LogP contribution in [-0.4, -0.2) is 0 Å². The van der Waals surface area contributed by atoms with E-state index in [-0.39, 0.29) is 5.82 Å². The zero-order valence-electron chi connectivity index (χ0n) is 10.2. The summed E-state index contributed by atoms with van der Waals surface area (Å²) < 4.78 is 13.0. The van der Waals surface area contributed by atoms with Crippen molar-refractivity contribution in [2.75, 3.05) is 5.32 Å². The standard InChI is InChI=1S/C14H13FN2S/c1-9-5-12(10(2)18-9)8-17-14-4-3-13(15)6-11(14)7-16/h3-6,17H,8H2,1-2H3. The van der Waals surface area contributed by atoms with Crippen molar-refractivity contribution < 1.29 is 4.39 Å². The summed E-state index contributed by atoms with van der Waals surface area (Å²) in [5.74, 6) is -0.389. The molecule has 1 aromatic carbocycles. The molecule has 1 heterocycles. The van der Waals surface area contributed by atoms with Crippen molar-refractivity contribution in [1.82, 2.24) is 0 Å². The fourth-order valence-corrected chi connectivity index (χ4v) is 2.76. The lowest BCUT2D eigenvalue weighted by atomic mass is 10.1. The van der Waals surface area contributed by atoms with Gasteiger partial charge in [0, 0.05) is 16.3 Å². The third-order valence-electron chi connectivity index (χ3n) is 2.72. The summed E-state index contributed by atoms with van der Waals surface area (Å²) in [7, 11) is 0. The van der Waals surface area contributed by atoms with Crippen LogP contribution in [0.3, 0.4) is 0 Å². The molecule has 2 aromatic rings. The molecule has 0 aliphatic carbocycles. The Kier molecular flexibility index (Phi) is 3.63. The summed E-state index contributed by atoms with van der Waals surface area (Å²) in [5.41, 5.74) is 2.22. The highest BCUT2D eigenvalue weighted by Crippen LogP contribution is 2.23. The molecule has 0 aliphatic rings. The van der Waals surface area contributed by atoms with Gasteiger partial charge in [-0.3, -0.25) is 0 Å². The summed E-state index contributed by atoms with van der Waals surface area (Å²) in [6, 6.07) is 8.32. The van der Waals surface area contributed by atoms with E-state index in [9.17, 15) is 4.39 Å². The first kappa shape index (κ1) is 12.6. The lowest BCUT2D eigenvalue weighted by molar-refractivity contribution is 0.627. The molecule has 18 heavy (non-hydrogen) atoms. The molecular formula is C14H13FN2S. The van der Waals surface area contributed by atoms with Crippen molar-refractivity contribution in [3.05, 3.63) is 51.0 Å². The minimum absolute atomic E-state index is 0.333. The maximum absolute atomic E-state index is 13.0. The Morgan fingerprint density at radius 3 is 2.72 bits per heavy atom. The fraction of sp³-hybridized carbons (Fsp3) is 0.214. The predicted molar refractivity (Wildman–Crippen MR) is 72.2 cm³/mol. The van der Waals surface area contributed by atoms with Crippen molar-refractivity contribution in [3.63, 3.8) is 0 Å². The zero-order valence-corrected chi connectivity index (χ0v) is 11.1. The average molecular weight is 260 g/mol. The fourth-order valence-electron chi connectivity index (χ4n) is 1.81. The lowest BCUT2D eigenvalue weighted by Gasteiger charge is -2.07. The molecule has 1 N–H and O–H groups in total. The molecule has 0 saturated heterocycles. The second-order valence-electron chi connectivity index (χ2n) is 4.09. The Labute approximate surface area is 110 Å². The summed E-state index contributed by atoms with van der Waals surface area (Å²) in [4.78, 5) is 2.53. The van der Waals surface area contributed by atoms with Gasteiger partial charge in [-0.15, -0.1) is 11.3 Å². The van der Waals surface area contributed by atoms with Gasteiger partial charge in [0.25, 0.3) is 0 Å². The van der Waals surface area contributed by atoms with E-state index >= 15 is 0 Å². The monoisotopic (exact) mass is 260 g/mol. The molecule has 92 valence electrons. The molecule has 4 heteroatoms. The molecule has 0 saturated carbocycles. The number of rotatable bonds is 3. The third kappa shape index (κ3) is 2.69. The third-order valence-corrected chi connectivity index (χ3v) is 3.72. The van der Waals surface area contributed by atoms with Gasteiger partial charge in [0.2, 0.25) is 0 Å². The quantitative estimate of drug-likeness (QED) is 0.905. The number of hydrogen-bond acceptors (Lipinski definition) is 3. The molecule has 1 aromatic heterocycles. The first-order valence-electron chi connectivity index (χ1n) is 5.59. The minimum atomic E-state index is -0.389. The number of nitrogens with zero attached hydrogens (tertiary/aromatic N) is 1. The van der Waals surface area contributed by atoms with Gasteiger partial charge in [-0.2, -0.15) is 5.26 Å². The van der Waals surface area contributed by atoms with Crippen LogP contribution in [0.1, 0.15) is 20.9 Å². The van der Waals surface area contributed by atoms with E-state index < -0.39 is 0 Å². The number of nitrogens with one attached hydrogen (secondary N) is 1. The van der Waals surface area contributed by atoms with Crippen LogP contribution in [0.15, 0.2) is 24.3 Å². The molecular weight excluding hydrogens is 247 g/mol. The van der Waals surface area contributed by atoms with Crippen LogP contribution in [0.5, 0.6) is 0 Å². The minimum Gasteiger partial charge on any atom is -0.380 e. The Morgan fingerprint density at radius 1 is 1.33 bits per heavy atom. The van der Waals surface area contributed by atoms with Crippen molar-refractivity contribution in [2.24, 2.45) is 0 Å². The number of nitriles is 1. The van der Waals surface area contributed by atoms with Crippen LogP contribution < -0.4 is 5.32 Å². The van der Waals surface area contributed by atoms with E-state index in [4.69, 9.17) is 5.26 Å². The molecule has 0 aliphatic heterocycles. The van der Waals surface area contributed by atoms with E-state index in [0.717, 1.165) is 0 Å². The van der Waals surface area contributed by atoms with Gasteiger partial charge >= 0.3 is 0 Å². The van der Waals surface area contributed by atoms with E-state index in [2.05, 4.69) is 25.2 Å². The molecule has 2 rings (SSSR count). The van der Waals surface area contributed by atoms with E-state index in [1.54, 1.807) is 17.4 Å². The van der Waals surface area contributed by atoms with Crippen LogP contribution >= 0.6 is 11.3 Å². The maximum Gasteiger partial charge on any atom is 0.124 e. The number of hydrogen-bond donors (Lipinski definition) is 1. The highest BCUT2D eigenvalue weighted by atomic mass is 32.1. The number of halogens is 1. The molecule has 0 bridgehead atoms. The van der Waals surface area contributed by atoms with E-state index in [1.807, 2.05) is 6.07 Å². The average Bonchev–Trinajstić information content (AvgIpc) is 2.66. The van der Waals surface area contributed by atoms with Crippen molar-refractivity contribution >= 4 is 17.0 Å². The molecule has 0 atom stereocenters. The van der Waals surface area contributed by atoms with Crippen molar-refractivity contribution in [3.8, 4) is 6.07 Å². The molecule has 0 fully saturated rings. The second-order valence-corrected chi connectivity index (χ2v) is 5.55. The normalized spacial score (nSPS) is 10.1. The summed E-state index contributed by atoms with van der Waals surface area (Å²) >= 11 is 1.75. The van der Waals surface area contributed by atoms with Gasteiger partial charge in [-0.25, -0.2) is 4.39 Å². The van der Waals surface area contributed by atoms with Gasteiger partial charge in [0.1, 0.15) is 11.9 Å². The highest BCUT2D eigenvalue weighted by Gasteiger charge is 2.06. The van der Waals surface area contributed by atoms with Gasteiger partial charge in [0.05, 0.1) is 11.3 Å². The molecule has 0 spiro atoms. The largest absolute Gasteiger partial charge is 0.380 e. The zero-order chi connectivity index (χ0) is 13.1. The molecule has 0 radical (unpaired) electrons. The lowest BCUT2D eigenvalue weighted by Crippen LogP contribution is -2.01.